The molecule has 0 saturated carbocycles. The second-order valence-corrected chi connectivity index (χ2v) is 14.2. The fraction of sp³-hybridized carbons (Fsp3) is 0.102. The number of nitrogens with two attached hydrogens (primary N) is 1. The van der Waals surface area contributed by atoms with E-state index in [4.69, 9.17) is 5.73 Å². The largest absolute Gasteiger partial charge is 0.398 e. The maximum Gasteiger partial charge on any atom is 0.0537 e. The summed E-state index contributed by atoms with van der Waals surface area (Å²) in [5.74, 6) is 0. The van der Waals surface area contributed by atoms with E-state index in [1.165, 1.54) is 88.3 Å². The van der Waals surface area contributed by atoms with Crippen molar-refractivity contribution in [3.8, 4) is 44.5 Å². The standard InChI is InChI=1S/C49H38N2/c50-46(34-23-22-33-26-35-28-45-40-19-10-9-18-39(40)42-20-11-21-43(49(42)45)48(35)44(33)27-34)29-47(51-30-31-12-3-1-4-13-31)41-25-24-36(32-14-5-2-6-15-32)37-16-7-8-17-38(37)41/h1-3,5-12,14-25,27-29,47,51H,4,13,26,30,50H2/b46-29-. The van der Waals surface area contributed by atoms with Crippen LogP contribution in [0.2, 0.25) is 0 Å². The zero-order valence-electron chi connectivity index (χ0n) is 28.5. The molecule has 1 atom stereocenters. The van der Waals surface area contributed by atoms with Gasteiger partial charge in [-0.3, -0.25) is 0 Å². The topological polar surface area (TPSA) is 38.0 Å². The van der Waals surface area contributed by atoms with E-state index in [1.54, 1.807) is 0 Å². The van der Waals surface area contributed by atoms with Gasteiger partial charge in [-0.1, -0.05) is 145 Å². The fourth-order valence-electron chi connectivity index (χ4n) is 8.78. The Morgan fingerprint density at radius 3 is 2.25 bits per heavy atom. The minimum atomic E-state index is -0.0781. The summed E-state index contributed by atoms with van der Waals surface area (Å²) in [7, 11) is 0. The van der Waals surface area contributed by atoms with Crippen molar-refractivity contribution in [3.05, 3.63) is 186 Å². The molecule has 244 valence electrons. The summed E-state index contributed by atoms with van der Waals surface area (Å²) in [6.45, 7) is 0.810. The third-order valence-electron chi connectivity index (χ3n) is 11.2. The van der Waals surface area contributed by atoms with Gasteiger partial charge < -0.3 is 11.1 Å². The van der Waals surface area contributed by atoms with Gasteiger partial charge in [0.25, 0.3) is 0 Å². The van der Waals surface area contributed by atoms with Gasteiger partial charge >= 0.3 is 0 Å². The third kappa shape index (κ3) is 4.98. The lowest BCUT2D eigenvalue weighted by molar-refractivity contribution is 0.649. The van der Waals surface area contributed by atoms with Gasteiger partial charge in [0, 0.05) is 12.2 Å². The highest BCUT2D eigenvalue weighted by atomic mass is 14.9. The molecule has 0 bridgehead atoms. The molecule has 0 saturated heterocycles. The molecule has 0 heterocycles. The van der Waals surface area contributed by atoms with Gasteiger partial charge in [0.2, 0.25) is 0 Å². The Morgan fingerprint density at radius 1 is 0.647 bits per heavy atom. The van der Waals surface area contributed by atoms with Crippen molar-refractivity contribution < 1.29 is 0 Å². The summed E-state index contributed by atoms with van der Waals surface area (Å²) < 4.78 is 0. The van der Waals surface area contributed by atoms with E-state index in [2.05, 4.69) is 163 Å². The molecule has 0 fully saturated rings. The van der Waals surface area contributed by atoms with Gasteiger partial charge in [-0.25, -0.2) is 0 Å². The Labute approximate surface area is 299 Å². The van der Waals surface area contributed by atoms with Crippen molar-refractivity contribution in [3.63, 3.8) is 0 Å². The first-order valence-electron chi connectivity index (χ1n) is 18.2. The molecule has 3 aliphatic carbocycles. The second kappa shape index (κ2) is 12.1. The van der Waals surface area contributed by atoms with Gasteiger partial charge in [0.15, 0.2) is 0 Å². The smallest absolute Gasteiger partial charge is 0.0537 e. The molecule has 0 amide bonds. The molecular weight excluding hydrogens is 617 g/mol. The molecule has 2 heteroatoms. The van der Waals surface area contributed by atoms with Crippen LogP contribution in [0.25, 0.3) is 71.7 Å². The Bertz CT molecular complexity index is 2620. The molecule has 0 aliphatic heterocycles. The average Bonchev–Trinajstić information content (AvgIpc) is 3.73. The van der Waals surface area contributed by atoms with Gasteiger partial charge in [-0.05, 0) is 126 Å². The molecule has 1 unspecified atom stereocenters. The Balaban J connectivity index is 1.07. The lowest BCUT2D eigenvalue weighted by Crippen LogP contribution is -2.24. The number of rotatable bonds is 7. The predicted octanol–water partition coefficient (Wildman–Crippen LogP) is 11.8. The van der Waals surface area contributed by atoms with Gasteiger partial charge in [0.1, 0.15) is 0 Å². The summed E-state index contributed by atoms with van der Waals surface area (Å²) in [6.07, 6.45) is 12.0. The quantitative estimate of drug-likeness (QED) is 0.179. The third-order valence-corrected chi connectivity index (χ3v) is 11.2. The van der Waals surface area contributed by atoms with Crippen LogP contribution >= 0.6 is 0 Å². The molecule has 3 N–H and O–H groups in total. The van der Waals surface area contributed by atoms with Crippen LogP contribution in [0.1, 0.15) is 41.1 Å². The summed E-state index contributed by atoms with van der Waals surface area (Å²) in [5, 5.41) is 9.13. The van der Waals surface area contributed by atoms with E-state index in [9.17, 15) is 0 Å². The van der Waals surface area contributed by atoms with E-state index in [-0.39, 0.29) is 6.04 Å². The zero-order valence-corrected chi connectivity index (χ0v) is 28.5. The van der Waals surface area contributed by atoms with Gasteiger partial charge in [-0.2, -0.15) is 0 Å². The van der Waals surface area contributed by atoms with Crippen molar-refractivity contribution in [1.82, 2.24) is 5.32 Å². The highest BCUT2D eigenvalue weighted by Gasteiger charge is 2.28. The predicted molar refractivity (Wildman–Crippen MR) is 215 cm³/mol. The first-order valence-corrected chi connectivity index (χ1v) is 18.2. The van der Waals surface area contributed by atoms with Gasteiger partial charge in [-0.15, -0.1) is 0 Å². The summed E-state index contributed by atoms with van der Waals surface area (Å²) in [6, 6.07) is 48.9. The van der Waals surface area contributed by atoms with Crippen molar-refractivity contribution in [2.45, 2.75) is 25.3 Å². The van der Waals surface area contributed by atoms with E-state index in [1.807, 2.05) is 0 Å². The van der Waals surface area contributed by atoms with Crippen LogP contribution in [0, 0.1) is 0 Å². The first kappa shape index (κ1) is 29.9. The molecule has 10 rings (SSSR count). The van der Waals surface area contributed by atoms with Crippen molar-refractivity contribution in [1.29, 1.82) is 0 Å². The lowest BCUT2D eigenvalue weighted by atomic mass is 9.91. The molecule has 7 aromatic carbocycles. The van der Waals surface area contributed by atoms with Crippen LogP contribution in [0.15, 0.2) is 163 Å². The molecule has 0 spiro atoms. The molecule has 2 nitrogen and oxygen atoms in total. The SMILES string of the molecule is N/C(=C\C(NCC1=CC=CCC1)c1ccc(-c2ccccc2)c2ccccc12)c1ccc2c(c1)-c1c(cc3c4c(cccc14)-c1ccccc1-3)C2. The maximum atomic E-state index is 7.14. The molecule has 51 heavy (non-hydrogen) atoms. The van der Waals surface area contributed by atoms with Crippen LogP contribution < -0.4 is 11.1 Å². The number of fused-ring (bicyclic) bond motifs is 8. The zero-order chi connectivity index (χ0) is 33.9. The lowest BCUT2D eigenvalue weighted by Gasteiger charge is -2.22. The maximum absolute atomic E-state index is 7.14. The van der Waals surface area contributed by atoms with E-state index < -0.39 is 0 Å². The number of hydrogen-bond acceptors (Lipinski definition) is 2. The Hall–Kier alpha value is -5.96. The monoisotopic (exact) mass is 654 g/mol. The fourth-order valence-corrected chi connectivity index (χ4v) is 8.78. The van der Waals surface area contributed by atoms with Crippen molar-refractivity contribution in [2.24, 2.45) is 5.73 Å². The summed E-state index contributed by atoms with van der Waals surface area (Å²) in [4.78, 5) is 0. The minimum Gasteiger partial charge on any atom is -0.398 e. The number of nitrogens with one attached hydrogen (secondary N) is 1. The first-order chi connectivity index (χ1) is 25.2. The summed E-state index contributed by atoms with van der Waals surface area (Å²) in [5.41, 5.74) is 24.9. The number of allylic oxidation sites excluding steroid dienone is 3. The molecule has 0 aromatic heterocycles. The minimum absolute atomic E-state index is 0.0781. The van der Waals surface area contributed by atoms with Crippen LogP contribution in [0.3, 0.4) is 0 Å². The van der Waals surface area contributed by atoms with E-state index in [0.29, 0.717) is 0 Å². The second-order valence-electron chi connectivity index (χ2n) is 14.2. The number of benzene rings is 7. The average molecular weight is 655 g/mol. The van der Waals surface area contributed by atoms with Crippen LogP contribution in [-0.4, -0.2) is 6.54 Å². The highest BCUT2D eigenvalue weighted by molar-refractivity contribution is 6.20. The number of hydrogen-bond donors (Lipinski definition) is 2. The van der Waals surface area contributed by atoms with E-state index in [0.717, 1.165) is 37.1 Å². The van der Waals surface area contributed by atoms with Crippen molar-refractivity contribution >= 4 is 27.2 Å². The molecule has 7 aromatic rings. The molecular formula is C49H38N2. The van der Waals surface area contributed by atoms with Gasteiger partial charge in [0.05, 0.1) is 6.04 Å². The van der Waals surface area contributed by atoms with E-state index >= 15 is 0 Å². The normalized spacial score (nSPS) is 14.7. The van der Waals surface area contributed by atoms with Crippen molar-refractivity contribution in [2.75, 3.05) is 6.54 Å². The van der Waals surface area contributed by atoms with Crippen LogP contribution in [0.4, 0.5) is 0 Å². The highest BCUT2D eigenvalue weighted by Crippen LogP contribution is 2.53. The summed E-state index contributed by atoms with van der Waals surface area (Å²) >= 11 is 0. The molecule has 0 radical (unpaired) electrons. The Morgan fingerprint density at radius 2 is 1.41 bits per heavy atom. The van der Waals surface area contributed by atoms with Crippen LogP contribution in [0.5, 0.6) is 0 Å². The molecule has 3 aliphatic rings. The van der Waals surface area contributed by atoms with Crippen LogP contribution in [-0.2, 0) is 6.42 Å². The Kier molecular flexibility index (Phi) is 7.11.